The first-order chi connectivity index (χ1) is 12.2. The molecule has 128 valence electrons. The number of nitrogens with one attached hydrogen (secondary N) is 1. The SMILES string of the molecule is O=C(/C=C/c1ccccc1)NC1CCN(C(=O)c2cccnc2)CC1. The summed E-state index contributed by atoms with van der Waals surface area (Å²) in [7, 11) is 0. The Balaban J connectivity index is 1.47. The highest BCUT2D eigenvalue weighted by Crippen LogP contribution is 2.13. The standard InChI is InChI=1S/C20H21N3O2/c24-19(9-8-16-5-2-1-3-6-16)22-18-10-13-23(14-11-18)20(25)17-7-4-12-21-15-17/h1-9,12,15,18H,10-11,13-14H2,(H,22,24)/b9-8+. The van der Waals surface area contributed by atoms with Crippen molar-refractivity contribution in [3.05, 3.63) is 72.1 Å². The van der Waals surface area contributed by atoms with Gasteiger partial charge in [0.1, 0.15) is 0 Å². The van der Waals surface area contributed by atoms with Gasteiger partial charge in [0.2, 0.25) is 5.91 Å². The Bertz CT molecular complexity index is 736. The third-order valence-corrected chi connectivity index (χ3v) is 4.26. The minimum atomic E-state index is -0.0964. The van der Waals surface area contributed by atoms with Crippen LogP contribution in [0.25, 0.3) is 6.08 Å². The lowest BCUT2D eigenvalue weighted by atomic mass is 10.0. The molecule has 25 heavy (non-hydrogen) atoms. The Morgan fingerprint density at radius 1 is 1.08 bits per heavy atom. The van der Waals surface area contributed by atoms with E-state index in [-0.39, 0.29) is 17.9 Å². The van der Waals surface area contributed by atoms with E-state index in [0.29, 0.717) is 18.7 Å². The number of likely N-dealkylation sites (tertiary alicyclic amines) is 1. The molecule has 0 radical (unpaired) electrons. The number of carbonyl (C=O) groups is 2. The van der Waals surface area contributed by atoms with Crippen LogP contribution in [0.2, 0.25) is 0 Å². The van der Waals surface area contributed by atoms with Crippen molar-refractivity contribution in [2.24, 2.45) is 0 Å². The lowest BCUT2D eigenvalue weighted by molar-refractivity contribution is -0.117. The van der Waals surface area contributed by atoms with E-state index in [1.54, 1.807) is 36.7 Å². The van der Waals surface area contributed by atoms with Crippen LogP contribution < -0.4 is 5.32 Å². The molecule has 1 saturated heterocycles. The number of aromatic nitrogens is 1. The number of nitrogens with zero attached hydrogens (tertiary/aromatic N) is 2. The van der Waals surface area contributed by atoms with Crippen molar-refractivity contribution < 1.29 is 9.59 Å². The normalized spacial score (nSPS) is 15.3. The highest BCUT2D eigenvalue weighted by molar-refractivity contribution is 5.94. The van der Waals surface area contributed by atoms with E-state index in [2.05, 4.69) is 10.3 Å². The van der Waals surface area contributed by atoms with E-state index in [1.807, 2.05) is 35.2 Å². The number of benzene rings is 1. The summed E-state index contributed by atoms with van der Waals surface area (Å²) in [6, 6.07) is 13.4. The van der Waals surface area contributed by atoms with Crippen molar-refractivity contribution in [3.63, 3.8) is 0 Å². The Morgan fingerprint density at radius 3 is 2.52 bits per heavy atom. The average Bonchev–Trinajstić information content (AvgIpc) is 2.68. The summed E-state index contributed by atoms with van der Waals surface area (Å²) >= 11 is 0. The second-order valence-corrected chi connectivity index (χ2v) is 6.06. The van der Waals surface area contributed by atoms with Crippen LogP contribution in [0.15, 0.2) is 60.9 Å². The number of amides is 2. The van der Waals surface area contributed by atoms with Gasteiger partial charge < -0.3 is 10.2 Å². The molecule has 2 amide bonds. The lowest BCUT2D eigenvalue weighted by Crippen LogP contribution is -2.46. The zero-order valence-corrected chi connectivity index (χ0v) is 14.0. The molecule has 1 fully saturated rings. The predicted molar refractivity (Wildman–Crippen MR) is 96.8 cm³/mol. The van der Waals surface area contributed by atoms with Crippen LogP contribution in [0.4, 0.5) is 0 Å². The van der Waals surface area contributed by atoms with Crippen molar-refractivity contribution in [2.75, 3.05) is 13.1 Å². The lowest BCUT2D eigenvalue weighted by Gasteiger charge is -2.32. The Hall–Kier alpha value is -2.95. The second-order valence-electron chi connectivity index (χ2n) is 6.06. The molecule has 2 heterocycles. The molecule has 1 aliphatic heterocycles. The van der Waals surface area contributed by atoms with Crippen LogP contribution >= 0.6 is 0 Å². The fourth-order valence-electron chi connectivity index (χ4n) is 2.88. The summed E-state index contributed by atoms with van der Waals surface area (Å²) in [6.45, 7) is 1.28. The zero-order chi connectivity index (χ0) is 17.5. The second kappa shape index (κ2) is 8.24. The summed E-state index contributed by atoms with van der Waals surface area (Å²) in [6.07, 6.45) is 8.12. The van der Waals surface area contributed by atoms with E-state index in [1.165, 1.54) is 0 Å². The Kier molecular flexibility index (Phi) is 5.57. The molecule has 0 atom stereocenters. The molecule has 1 N–H and O–H groups in total. The summed E-state index contributed by atoms with van der Waals surface area (Å²) in [5, 5.41) is 3.01. The van der Waals surface area contributed by atoms with Gasteiger partial charge in [-0.25, -0.2) is 0 Å². The molecule has 0 spiro atoms. The molecule has 1 aliphatic rings. The van der Waals surface area contributed by atoms with Gasteiger partial charge in [-0.1, -0.05) is 30.3 Å². The molecule has 2 aromatic rings. The topological polar surface area (TPSA) is 62.3 Å². The van der Waals surface area contributed by atoms with E-state index in [0.717, 1.165) is 18.4 Å². The van der Waals surface area contributed by atoms with Crippen LogP contribution in [-0.4, -0.2) is 40.8 Å². The molecular weight excluding hydrogens is 314 g/mol. The maximum Gasteiger partial charge on any atom is 0.255 e. The van der Waals surface area contributed by atoms with Gasteiger partial charge in [0.15, 0.2) is 0 Å². The van der Waals surface area contributed by atoms with E-state index in [9.17, 15) is 9.59 Å². The predicted octanol–water partition coefficient (Wildman–Crippen LogP) is 2.52. The van der Waals surface area contributed by atoms with Crippen molar-refractivity contribution in [2.45, 2.75) is 18.9 Å². The molecule has 0 unspecified atom stereocenters. The number of pyridine rings is 1. The van der Waals surface area contributed by atoms with Crippen molar-refractivity contribution >= 4 is 17.9 Å². The summed E-state index contributed by atoms with van der Waals surface area (Å²) in [5.41, 5.74) is 1.60. The molecule has 5 heteroatoms. The van der Waals surface area contributed by atoms with E-state index >= 15 is 0 Å². The summed E-state index contributed by atoms with van der Waals surface area (Å²) in [5.74, 6) is -0.0947. The van der Waals surface area contributed by atoms with Crippen LogP contribution in [0.1, 0.15) is 28.8 Å². The van der Waals surface area contributed by atoms with E-state index < -0.39 is 0 Å². The molecular formula is C20H21N3O2. The number of hydrogen-bond donors (Lipinski definition) is 1. The van der Waals surface area contributed by atoms with Gasteiger partial charge in [-0.3, -0.25) is 14.6 Å². The van der Waals surface area contributed by atoms with Gasteiger partial charge in [-0.2, -0.15) is 0 Å². The summed E-state index contributed by atoms with van der Waals surface area (Å²) in [4.78, 5) is 30.2. The monoisotopic (exact) mass is 335 g/mol. The van der Waals surface area contributed by atoms with Crippen LogP contribution in [0, 0.1) is 0 Å². The quantitative estimate of drug-likeness (QED) is 0.873. The van der Waals surface area contributed by atoms with Crippen molar-refractivity contribution in [1.82, 2.24) is 15.2 Å². The van der Waals surface area contributed by atoms with Crippen LogP contribution in [-0.2, 0) is 4.79 Å². The van der Waals surface area contributed by atoms with Crippen molar-refractivity contribution in [3.8, 4) is 0 Å². The maximum atomic E-state index is 12.4. The smallest absolute Gasteiger partial charge is 0.255 e. The number of carbonyl (C=O) groups excluding carboxylic acids is 2. The van der Waals surface area contributed by atoms with E-state index in [4.69, 9.17) is 0 Å². The largest absolute Gasteiger partial charge is 0.350 e. The molecule has 0 saturated carbocycles. The first-order valence-electron chi connectivity index (χ1n) is 8.45. The van der Waals surface area contributed by atoms with Gasteiger partial charge in [0.25, 0.3) is 5.91 Å². The van der Waals surface area contributed by atoms with Gasteiger partial charge in [-0.05, 0) is 36.6 Å². The fraction of sp³-hybridized carbons (Fsp3) is 0.250. The van der Waals surface area contributed by atoms with Gasteiger partial charge in [0, 0.05) is 37.6 Å². The van der Waals surface area contributed by atoms with Gasteiger partial charge in [-0.15, -0.1) is 0 Å². The molecule has 0 aliphatic carbocycles. The molecule has 1 aromatic heterocycles. The van der Waals surface area contributed by atoms with Crippen molar-refractivity contribution in [1.29, 1.82) is 0 Å². The third-order valence-electron chi connectivity index (χ3n) is 4.26. The average molecular weight is 335 g/mol. The van der Waals surface area contributed by atoms with Gasteiger partial charge >= 0.3 is 0 Å². The van der Waals surface area contributed by atoms with Crippen LogP contribution in [0.3, 0.4) is 0 Å². The first-order valence-corrected chi connectivity index (χ1v) is 8.45. The minimum Gasteiger partial charge on any atom is -0.350 e. The maximum absolute atomic E-state index is 12.4. The molecule has 1 aromatic carbocycles. The van der Waals surface area contributed by atoms with Crippen LogP contribution in [0.5, 0.6) is 0 Å². The Labute approximate surface area is 147 Å². The number of rotatable bonds is 4. The molecule has 5 nitrogen and oxygen atoms in total. The van der Waals surface area contributed by atoms with Gasteiger partial charge in [0.05, 0.1) is 5.56 Å². The number of hydrogen-bond acceptors (Lipinski definition) is 3. The molecule has 3 rings (SSSR count). The fourth-order valence-corrected chi connectivity index (χ4v) is 2.88. The zero-order valence-electron chi connectivity index (χ0n) is 14.0. The summed E-state index contributed by atoms with van der Waals surface area (Å²) < 4.78 is 0. The minimum absolute atomic E-state index is 0.00171. The molecule has 0 bridgehead atoms. The third kappa shape index (κ3) is 4.76. The number of piperidine rings is 1. The first kappa shape index (κ1) is 16.9. The highest BCUT2D eigenvalue weighted by atomic mass is 16.2. The Morgan fingerprint density at radius 2 is 1.84 bits per heavy atom. The highest BCUT2D eigenvalue weighted by Gasteiger charge is 2.24.